The number of aryl methyl sites for hydroxylation is 1. The fourth-order valence-corrected chi connectivity index (χ4v) is 2.25. The fourth-order valence-electron chi connectivity index (χ4n) is 1.95. The molecule has 0 atom stereocenters. The van der Waals surface area contributed by atoms with E-state index in [0.717, 1.165) is 11.1 Å². The molecule has 106 valence electrons. The summed E-state index contributed by atoms with van der Waals surface area (Å²) in [4.78, 5) is 11.1. The van der Waals surface area contributed by atoms with Crippen molar-refractivity contribution in [3.63, 3.8) is 0 Å². The molecular formula is C13H15ClN4O2. The number of rotatable bonds is 5. The van der Waals surface area contributed by atoms with Gasteiger partial charge in [0.05, 0.1) is 12.2 Å². The van der Waals surface area contributed by atoms with E-state index in [4.69, 9.17) is 22.4 Å². The van der Waals surface area contributed by atoms with E-state index in [9.17, 15) is 4.79 Å². The van der Waals surface area contributed by atoms with E-state index in [1.807, 2.05) is 25.1 Å². The zero-order valence-corrected chi connectivity index (χ0v) is 11.8. The quantitative estimate of drug-likeness (QED) is 0.871. The molecule has 0 unspecified atom stereocenters. The number of benzene rings is 1. The molecule has 0 radical (unpaired) electrons. The molecule has 1 aromatic heterocycles. The van der Waals surface area contributed by atoms with E-state index >= 15 is 0 Å². The molecule has 2 aromatic rings. The first-order chi connectivity index (χ1) is 9.52. The Balaban J connectivity index is 2.35. The second-order valence-corrected chi connectivity index (χ2v) is 4.89. The van der Waals surface area contributed by atoms with Gasteiger partial charge in [-0.3, -0.25) is 0 Å². The second-order valence-electron chi connectivity index (χ2n) is 4.48. The minimum Gasteiger partial charge on any atom is -0.476 e. The van der Waals surface area contributed by atoms with Gasteiger partial charge in [0.25, 0.3) is 0 Å². The first-order valence-corrected chi connectivity index (χ1v) is 6.51. The van der Waals surface area contributed by atoms with Gasteiger partial charge in [-0.1, -0.05) is 28.9 Å². The van der Waals surface area contributed by atoms with E-state index in [-0.39, 0.29) is 5.69 Å². The summed E-state index contributed by atoms with van der Waals surface area (Å²) >= 11 is 6.18. The lowest BCUT2D eigenvalue weighted by Crippen LogP contribution is -2.14. The van der Waals surface area contributed by atoms with Gasteiger partial charge in [0.15, 0.2) is 5.69 Å². The number of carboxylic acids is 1. The van der Waals surface area contributed by atoms with Crippen molar-refractivity contribution < 1.29 is 9.90 Å². The molecule has 0 fully saturated rings. The lowest BCUT2D eigenvalue weighted by Gasteiger charge is -2.08. The standard InChI is InChI=1S/C13H15ClN4O2/c1-8-2-3-9(10(14)6-8)7-18-11(4-5-15)12(13(19)20)16-17-18/h2-3,6H,4-5,7,15H2,1H3,(H,19,20). The van der Waals surface area contributed by atoms with Gasteiger partial charge in [-0.05, 0) is 30.7 Å². The topological polar surface area (TPSA) is 94.0 Å². The number of nitrogens with two attached hydrogens (primary N) is 1. The first kappa shape index (κ1) is 14.5. The Bertz CT molecular complexity index is 639. The zero-order valence-electron chi connectivity index (χ0n) is 11.0. The predicted octanol–water partition coefficient (Wildman–Crippen LogP) is 1.49. The Morgan fingerprint density at radius 3 is 2.85 bits per heavy atom. The highest BCUT2D eigenvalue weighted by Crippen LogP contribution is 2.19. The molecule has 0 saturated heterocycles. The number of hydrogen-bond donors (Lipinski definition) is 2. The van der Waals surface area contributed by atoms with Crippen LogP contribution in [-0.4, -0.2) is 32.6 Å². The SMILES string of the molecule is Cc1ccc(Cn2nnc(C(=O)O)c2CCN)c(Cl)c1. The number of carbonyl (C=O) groups is 1. The maximum atomic E-state index is 11.1. The van der Waals surface area contributed by atoms with Crippen molar-refractivity contribution in [2.45, 2.75) is 19.9 Å². The molecule has 1 aromatic carbocycles. The summed E-state index contributed by atoms with van der Waals surface area (Å²) in [5.41, 5.74) is 7.89. The molecule has 0 aliphatic heterocycles. The first-order valence-electron chi connectivity index (χ1n) is 6.13. The normalized spacial score (nSPS) is 10.8. The van der Waals surface area contributed by atoms with Gasteiger partial charge in [-0.2, -0.15) is 0 Å². The number of carboxylic acid groups (broad SMARTS) is 1. The number of hydrogen-bond acceptors (Lipinski definition) is 4. The number of nitrogens with zero attached hydrogens (tertiary/aromatic N) is 3. The summed E-state index contributed by atoms with van der Waals surface area (Å²) in [6.45, 7) is 2.65. The fraction of sp³-hybridized carbons (Fsp3) is 0.308. The predicted molar refractivity (Wildman–Crippen MR) is 75.0 cm³/mol. The maximum Gasteiger partial charge on any atom is 0.358 e. The molecular weight excluding hydrogens is 280 g/mol. The van der Waals surface area contributed by atoms with Gasteiger partial charge >= 0.3 is 5.97 Å². The highest BCUT2D eigenvalue weighted by Gasteiger charge is 2.18. The van der Waals surface area contributed by atoms with E-state index in [1.165, 1.54) is 4.68 Å². The summed E-state index contributed by atoms with van der Waals surface area (Å²) in [6.07, 6.45) is 0.401. The Morgan fingerprint density at radius 1 is 1.50 bits per heavy atom. The van der Waals surface area contributed by atoms with Crippen LogP contribution in [0.4, 0.5) is 0 Å². The Labute approximate surface area is 121 Å². The second kappa shape index (κ2) is 6.02. The monoisotopic (exact) mass is 294 g/mol. The summed E-state index contributed by atoms with van der Waals surface area (Å²) < 4.78 is 1.53. The van der Waals surface area contributed by atoms with Crippen LogP contribution in [0.25, 0.3) is 0 Å². The smallest absolute Gasteiger partial charge is 0.358 e. The van der Waals surface area contributed by atoms with Crippen molar-refractivity contribution >= 4 is 17.6 Å². The third kappa shape index (κ3) is 2.97. The van der Waals surface area contributed by atoms with Gasteiger partial charge in [-0.15, -0.1) is 5.10 Å². The Hall–Kier alpha value is -1.92. The molecule has 2 rings (SSSR count). The molecule has 1 heterocycles. The van der Waals surface area contributed by atoms with E-state index in [0.29, 0.717) is 30.2 Å². The summed E-state index contributed by atoms with van der Waals surface area (Å²) in [7, 11) is 0. The third-order valence-corrected chi connectivity index (χ3v) is 3.30. The van der Waals surface area contributed by atoms with Crippen molar-refractivity contribution in [2.75, 3.05) is 6.54 Å². The van der Waals surface area contributed by atoms with Crippen molar-refractivity contribution in [3.8, 4) is 0 Å². The van der Waals surface area contributed by atoms with Gasteiger partial charge in [0.2, 0.25) is 0 Å². The lowest BCUT2D eigenvalue weighted by molar-refractivity contribution is 0.0689. The highest BCUT2D eigenvalue weighted by molar-refractivity contribution is 6.31. The van der Waals surface area contributed by atoms with Crippen LogP contribution in [0.1, 0.15) is 27.3 Å². The summed E-state index contributed by atoms with van der Waals surface area (Å²) in [5.74, 6) is -1.10. The van der Waals surface area contributed by atoms with Crippen LogP contribution in [0.2, 0.25) is 5.02 Å². The molecule has 0 spiro atoms. The van der Waals surface area contributed by atoms with E-state index in [1.54, 1.807) is 0 Å². The van der Waals surface area contributed by atoms with Crippen molar-refractivity contribution in [3.05, 3.63) is 45.7 Å². The molecule has 7 heteroatoms. The largest absolute Gasteiger partial charge is 0.476 e. The molecule has 0 aliphatic rings. The molecule has 3 N–H and O–H groups in total. The van der Waals surface area contributed by atoms with E-state index in [2.05, 4.69) is 10.3 Å². The summed E-state index contributed by atoms with van der Waals surface area (Å²) in [6, 6.07) is 5.69. The maximum absolute atomic E-state index is 11.1. The third-order valence-electron chi connectivity index (χ3n) is 2.95. The molecule has 6 nitrogen and oxygen atoms in total. The van der Waals surface area contributed by atoms with Crippen molar-refractivity contribution in [1.82, 2.24) is 15.0 Å². The van der Waals surface area contributed by atoms with Gasteiger partial charge < -0.3 is 10.8 Å². The van der Waals surface area contributed by atoms with Gasteiger partial charge in [-0.25, -0.2) is 9.48 Å². The minimum atomic E-state index is -1.10. The Kier molecular flexibility index (Phi) is 4.36. The van der Waals surface area contributed by atoms with Gasteiger partial charge in [0, 0.05) is 11.4 Å². The number of halogens is 1. The highest BCUT2D eigenvalue weighted by atomic mass is 35.5. The number of aromatic carboxylic acids is 1. The lowest BCUT2D eigenvalue weighted by atomic mass is 10.1. The molecule has 0 aliphatic carbocycles. The Morgan fingerprint density at radius 2 is 2.25 bits per heavy atom. The average molecular weight is 295 g/mol. The van der Waals surface area contributed by atoms with Crippen LogP contribution in [0.5, 0.6) is 0 Å². The molecule has 0 saturated carbocycles. The van der Waals surface area contributed by atoms with Crippen LogP contribution in [0, 0.1) is 6.92 Å². The van der Waals surface area contributed by atoms with E-state index < -0.39 is 5.97 Å². The average Bonchev–Trinajstić information content (AvgIpc) is 2.77. The van der Waals surface area contributed by atoms with Crippen LogP contribution in [0.15, 0.2) is 18.2 Å². The van der Waals surface area contributed by atoms with Crippen molar-refractivity contribution in [1.29, 1.82) is 0 Å². The molecule has 20 heavy (non-hydrogen) atoms. The van der Waals surface area contributed by atoms with Crippen LogP contribution in [-0.2, 0) is 13.0 Å². The van der Waals surface area contributed by atoms with Gasteiger partial charge in [0.1, 0.15) is 0 Å². The summed E-state index contributed by atoms with van der Waals surface area (Å²) in [5, 5.41) is 17.3. The molecule has 0 amide bonds. The zero-order chi connectivity index (χ0) is 14.7. The number of aromatic nitrogens is 3. The van der Waals surface area contributed by atoms with Crippen molar-refractivity contribution in [2.24, 2.45) is 5.73 Å². The van der Waals surface area contributed by atoms with Crippen LogP contribution in [0.3, 0.4) is 0 Å². The molecule has 0 bridgehead atoms. The minimum absolute atomic E-state index is 0.0568. The van der Waals surface area contributed by atoms with Crippen LogP contribution < -0.4 is 5.73 Å². The van der Waals surface area contributed by atoms with Crippen LogP contribution >= 0.6 is 11.6 Å².